The molecule has 2 heterocycles. The molecule has 1 aromatic heterocycles. The van der Waals surface area contributed by atoms with E-state index in [1.54, 1.807) is 13.2 Å². The van der Waals surface area contributed by atoms with E-state index in [0.717, 1.165) is 50.6 Å². The lowest BCUT2D eigenvalue weighted by Gasteiger charge is -2.37. The monoisotopic (exact) mass is 451 g/mol. The van der Waals surface area contributed by atoms with Crippen LogP contribution >= 0.6 is 0 Å². The first-order valence-corrected chi connectivity index (χ1v) is 12.0. The van der Waals surface area contributed by atoms with E-state index >= 15 is 0 Å². The molecule has 174 valence electrons. The van der Waals surface area contributed by atoms with E-state index in [0.29, 0.717) is 11.7 Å². The first kappa shape index (κ1) is 21.8. The number of hydrogen-bond donors (Lipinski definition) is 1. The molecule has 1 atom stereocenters. The molecule has 2 aromatic carbocycles. The summed E-state index contributed by atoms with van der Waals surface area (Å²) in [5, 5.41) is 13.1. The third kappa shape index (κ3) is 4.57. The van der Waals surface area contributed by atoms with Gasteiger partial charge in [-0.15, -0.1) is 5.10 Å². The Morgan fingerprint density at radius 1 is 1.00 bits per heavy atom. The maximum absolute atomic E-state index is 14.4. The maximum Gasteiger partial charge on any atom is 0.214 e. The van der Waals surface area contributed by atoms with Crippen LogP contribution in [0.2, 0.25) is 0 Å². The third-order valence-corrected chi connectivity index (χ3v) is 7.15. The molecule has 5 rings (SSSR count). The summed E-state index contributed by atoms with van der Waals surface area (Å²) in [6, 6.07) is 15.7. The molecule has 2 fully saturated rings. The summed E-state index contributed by atoms with van der Waals surface area (Å²) in [6.07, 6.45) is 6.00. The van der Waals surface area contributed by atoms with E-state index in [9.17, 15) is 4.39 Å². The van der Waals surface area contributed by atoms with Crippen LogP contribution in [0.5, 0.6) is 5.75 Å². The molecule has 1 aliphatic heterocycles. The number of nitrogens with zero attached hydrogens (tertiary/aromatic N) is 5. The number of tetrazole rings is 1. The number of halogens is 1. The van der Waals surface area contributed by atoms with E-state index in [-0.39, 0.29) is 11.9 Å². The first-order chi connectivity index (χ1) is 16.2. The van der Waals surface area contributed by atoms with Crippen molar-refractivity contribution in [1.29, 1.82) is 0 Å². The van der Waals surface area contributed by atoms with E-state index < -0.39 is 0 Å². The highest BCUT2D eigenvalue weighted by Gasteiger charge is 2.36. The van der Waals surface area contributed by atoms with Gasteiger partial charge in [0.25, 0.3) is 0 Å². The summed E-state index contributed by atoms with van der Waals surface area (Å²) in [7, 11) is 1.68. The molecule has 0 bridgehead atoms. The Hall–Kier alpha value is -3.00. The number of ether oxygens (including phenoxy) is 1. The molecule has 33 heavy (non-hydrogen) atoms. The van der Waals surface area contributed by atoms with Crippen molar-refractivity contribution in [2.24, 2.45) is 0 Å². The fraction of sp³-hybridized carbons (Fsp3) is 0.480. The average Bonchev–Trinajstić information content (AvgIpc) is 3.35. The molecule has 0 amide bonds. The smallest absolute Gasteiger partial charge is 0.214 e. The lowest BCUT2D eigenvalue weighted by molar-refractivity contribution is -0.927. The van der Waals surface area contributed by atoms with Crippen LogP contribution in [0.25, 0.3) is 0 Å². The van der Waals surface area contributed by atoms with Crippen molar-refractivity contribution >= 4 is 5.69 Å². The van der Waals surface area contributed by atoms with Gasteiger partial charge in [0.2, 0.25) is 5.82 Å². The van der Waals surface area contributed by atoms with Crippen molar-refractivity contribution < 1.29 is 14.0 Å². The molecule has 1 saturated heterocycles. The number of benzene rings is 2. The number of quaternary nitrogens is 1. The van der Waals surface area contributed by atoms with Crippen LogP contribution in [-0.2, 0) is 0 Å². The normalized spacial score (nSPS) is 18.9. The molecule has 1 aliphatic carbocycles. The van der Waals surface area contributed by atoms with Crippen molar-refractivity contribution in [2.45, 2.75) is 44.2 Å². The number of rotatable bonds is 6. The van der Waals surface area contributed by atoms with Gasteiger partial charge in [0.15, 0.2) is 6.04 Å². The second-order valence-electron chi connectivity index (χ2n) is 9.08. The van der Waals surface area contributed by atoms with Gasteiger partial charge in [-0.05, 0) is 59.7 Å². The van der Waals surface area contributed by atoms with Crippen molar-refractivity contribution in [3.05, 3.63) is 65.7 Å². The standard InChI is InChI=1S/C25H31FN6O/c1-33-21-13-11-19(12-14-21)24(25-27-28-29-32(25)20-7-3-2-4-8-20)31-17-15-30(16-18-31)23-10-6-5-9-22(23)26/h5-6,9-14,20,24H,2-4,7-8,15-18H2,1H3/p+1/t24-/m1/s1. The van der Waals surface area contributed by atoms with Crippen LogP contribution in [-0.4, -0.2) is 53.5 Å². The molecule has 1 N–H and O–H groups in total. The van der Waals surface area contributed by atoms with E-state index in [1.165, 1.54) is 35.8 Å². The number of piperazine rings is 1. The zero-order valence-electron chi connectivity index (χ0n) is 19.2. The summed E-state index contributed by atoms with van der Waals surface area (Å²) in [6.45, 7) is 3.33. The van der Waals surface area contributed by atoms with E-state index in [4.69, 9.17) is 4.74 Å². The highest BCUT2D eigenvalue weighted by Crippen LogP contribution is 2.30. The van der Waals surface area contributed by atoms with E-state index in [2.05, 4.69) is 37.2 Å². The summed E-state index contributed by atoms with van der Waals surface area (Å²) < 4.78 is 21.8. The Morgan fingerprint density at radius 2 is 1.73 bits per heavy atom. The topological polar surface area (TPSA) is 60.5 Å². The molecule has 0 radical (unpaired) electrons. The number of methoxy groups -OCH3 is 1. The largest absolute Gasteiger partial charge is 0.497 e. The van der Waals surface area contributed by atoms with E-state index in [1.807, 2.05) is 24.3 Å². The first-order valence-electron chi connectivity index (χ1n) is 12.0. The predicted molar refractivity (Wildman–Crippen MR) is 124 cm³/mol. The second-order valence-corrected chi connectivity index (χ2v) is 9.08. The molecule has 3 aromatic rings. The van der Waals surface area contributed by atoms with Crippen molar-refractivity contribution in [3.8, 4) is 5.75 Å². The lowest BCUT2D eigenvalue weighted by atomic mass is 9.95. The van der Waals surface area contributed by atoms with Gasteiger partial charge in [-0.1, -0.05) is 31.4 Å². The molecule has 0 unspecified atom stereocenters. The minimum atomic E-state index is -0.158. The maximum atomic E-state index is 14.4. The molecule has 8 heteroatoms. The van der Waals surface area contributed by atoms with Gasteiger partial charge in [0, 0.05) is 5.56 Å². The second kappa shape index (κ2) is 9.87. The number of aromatic nitrogens is 4. The fourth-order valence-electron chi connectivity index (χ4n) is 5.37. The number of anilines is 1. The quantitative estimate of drug-likeness (QED) is 0.625. The molecule has 2 aliphatic rings. The number of nitrogens with one attached hydrogen (secondary N) is 1. The van der Waals surface area contributed by atoms with Crippen LogP contribution in [0.4, 0.5) is 10.1 Å². The number of hydrogen-bond acceptors (Lipinski definition) is 5. The van der Waals surface area contributed by atoms with Gasteiger partial charge in [0.1, 0.15) is 11.6 Å². The van der Waals surface area contributed by atoms with Gasteiger partial charge >= 0.3 is 0 Å². The van der Waals surface area contributed by atoms with Gasteiger partial charge in [-0.25, -0.2) is 9.07 Å². The van der Waals surface area contributed by atoms with Gasteiger partial charge in [0.05, 0.1) is 45.0 Å². The van der Waals surface area contributed by atoms with Crippen LogP contribution in [0, 0.1) is 5.82 Å². The van der Waals surface area contributed by atoms with Crippen molar-refractivity contribution in [1.82, 2.24) is 20.2 Å². The van der Waals surface area contributed by atoms with Crippen LogP contribution in [0.1, 0.15) is 55.6 Å². The minimum absolute atomic E-state index is 0.0237. The predicted octanol–water partition coefficient (Wildman–Crippen LogP) is 2.82. The third-order valence-electron chi connectivity index (χ3n) is 7.15. The molecule has 7 nitrogen and oxygen atoms in total. The summed E-state index contributed by atoms with van der Waals surface area (Å²) >= 11 is 0. The Morgan fingerprint density at radius 3 is 2.42 bits per heavy atom. The van der Waals surface area contributed by atoms with Gasteiger partial charge < -0.3 is 14.5 Å². The Labute approximate surface area is 194 Å². The lowest BCUT2D eigenvalue weighted by Crippen LogP contribution is -3.15. The minimum Gasteiger partial charge on any atom is -0.497 e. The zero-order valence-corrected chi connectivity index (χ0v) is 19.2. The molecule has 0 spiro atoms. The molecular weight excluding hydrogens is 419 g/mol. The van der Waals surface area contributed by atoms with Crippen molar-refractivity contribution in [2.75, 3.05) is 38.2 Å². The SMILES string of the molecule is COc1ccc([C@H](c2nnnn2C2CCCCC2)[NH+]2CCN(c3ccccc3F)CC2)cc1. The Kier molecular flexibility index (Phi) is 6.53. The van der Waals surface area contributed by atoms with Crippen LogP contribution < -0.4 is 14.5 Å². The summed E-state index contributed by atoms with van der Waals surface area (Å²) in [5.41, 5.74) is 1.86. The Bertz CT molecular complexity index is 1040. The number of para-hydroxylation sites is 1. The fourth-order valence-corrected chi connectivity index (χ4v) is 5.37. The zero-order chi connectivity index (χ0) is 22.6. The van der Waals surface area contributed by atoms with Gasteiger partial charge in [-0.2, -0.15) is 0 Å². The average molecular weight is 452 g/mol. The van der Waals surface area contributed by atoms with Crippen LogP contribution in [0.15, 0.2) is 48.5 Å². The summed E-state index contributed by atoms with van der Waals surface area (Å²) in [4.78, 5) is 3.55. The highest BCUT2D eigenvalue weighted by molar-refractivity contribution is 5.47. The Balaban J connectivity index is 1.43. The van der Waals surface area contributed by atoms with Crippen molar-refractivity contribution in [3.63, 3.8) is 0 Å². The molecule has 1 saturated carbocycles. The highest BCUT2D eigenvalue weighted by atomic mass is 19.1. The summed E-state index contributed by atoms with van der Waals surface area (Å²) in [5.74, 6) is 1.61. The molecular formula is C25H32FN6O+. The van der Waals surface area contributed by atoms with Gasteiger partial charge in [-0.3, -0.25) is 0 Å². The van der Waals surface area contributed by atoms with Crippen LogP contribution in [0.3, 0.4) is 0 Å².